The Hall–Kier alpha value is 0.460. The zero-order chi connectivity index (χ0) is 22.5. The standard InChI is InChI=1S/C25H54O2P2/c1-9-22(10-2)17-28(26,18-23(11-3)12-4)21-29(27,19-24(13-5)14-6)20-25(15-7)16-8/h22-25H,9-21H2,1-8H3. The third kappa shape index (κ3) is 11.1. The Morgan fingerprint density at radius 2 is 0.586 bits per heavy atom. The van der Waals surface area contributed by atoms with Gasteiger partial charge in [-0.05, 0) is 23.7 Å². The topological polar surface area (TPSA) is 34.1 Å². The summed E-state index contributed by atoms with van der Waals surface area (Å²) in [6, 6.07) is 0. The van der Waals surface area contributed by atoms with Crippen molar-refractivity contribution in [1.82, 2.24) is 0 Å². The number of rotatable bonds is 18. The van der Waals surface area contributed by atoms with E-state index in [0.29, 0.717) is 29.6 Å². The average Bonchev–Trinajstić information content (AvgIpc) is 2.72. The summed E-state index contributed by atoms with van der Waals surface area (Å²) in [5, 5.41) is 0. The summed E-state index contributed by atoms with van der Waals surface area (Å²) in [5.74, 6) is 2.63. The summed E-state index contributed by atoms with van der Waals surface area (Å²) in [4.78, 5) is 0. The van der Waals surface area contributed by atoms with E-state index in [1.807, 2.05) is 0 Å². The van der Waals surface area contributed by atoms with E-state index in [4.69, 9.17) is 0 Å². The fourth-order valence-corrected chi connectivity index (χ4v) is 16.7. The van der Waals surface area contributed by atoms with Crippen molar-refractivity contribution < 1.29 is 9.13 Å². The van der Waals surface area contributed by atoms with Crippen LogP contribution in [0.1, 0.15) is 107 Å². The van der Waals surface area contributed by atoms with Crippen molar-refractivity contribution in [3.05, 3.63) is 0 Å². The molecule has 0 saturated carbocycles. The molecular weight excluding hydrogens is 394 g/mol. The first kappa shape index (κ1) is 29.5. The van der Waals surface area contributed by atoms with Crippen LogP contribution >= 0.6 is 14.3 Å². The zero-order valence-corrected chi connectivity index (χ0v) is 23.0. The molecule has 0 N–H and O–H groups in total. The van der Waals surface area contributed by atoms with Crippen molar-refractivity contribution in [3.8, 4) is 0 Å². The first-order valence-corrected chi connectivity index (χ1v) is 17.3. The lowest BCUT2D eigenvalue weighted by atomic mass is 10.1. The first-order valence-electron chi connectivity index (χ1n) is 12.8. The van der Waals surface area contributed by atoms with Crippen LogP contribution in [0.25, 0.3) is 0 Å². The van der Waals surface area contributed by atoms with Crippen LogP contribution in [0.5, 0.6) is 0 Å². The van der Waals surface area contributed by atoms with Crippen molar-refractivity contribution in [3.63, 3.8) is 0 Å². The van der Waals surface area contributed by atoms with Gasteiger partial charge >= 0.3 is 0 Å². The van der Waals surface area contributed by atoms with Gasteiger partial charge < -0.3 is 9.13 Å². The van der Waals surface area contributed by atoms with Crippen LogP contribution in [0.4, 0.5) is 0 Å². The van der Waals surface area contributed by atoms with Crippen molar-refractivity contribution >= 4 is 14.3 Å². The van der Waals surface area contributed by atoms with Gasteiger partial charge in [-0.2, -0.15) is 0 Å². The van der Waals surface area contributed by atoms with Crippen LogP contribution < -0.4 is 0 Å². The van der Waals surface area contributed by atoms with Gasteiger partial charge in [-0.1, -0.05) is 107 Å². The smallest absolute Gasteiger partial charge is 0.0953 e. The molecular formula is C25H54O2P2. The Balaban J connectivity index is 5.90. The fraction of sp³-hybridized carbons (Fsp3) is 1.00. The lowest BCUT2D eigenvalue weighted by Crippen LogP contribution is -2.19. The normalized spacial score (nSPS) is 13.4. The molecule has 0 radical (unpaired) electrons. The van der Waals surface area contributed by atoms with Gasteiger partial charge in [0.1, 0.15) is 0 Å². The van der Waals surface area contributed by atoms with Gasteiger partial charge in [-0.3, -0.25) is 0 Å². The second kappa shape index (κ2) is 15.3. The van der Waals surface area contributed by atoms with Crippen LogP contribution in [0.3, 0.4) is 0 Å². The van der Waals surface area contributed by atoms with E-state index in [2.05, 4.69) is 55.4 Å². The number of hydrogen-bond acceptors (Lipinski definition) is 2. The fourth-order valence-electron chi connectivity index (χ4n) is 4.92. The summed E-state index contributed by atoms with van der Waals surface area (Å²) >= 11 is 0. The molecule has 0 unspecified atom stereocenters. The van der Waals surface area contributed by atoms with Crippen molar-refractivity contribution in [2.24, 2.45) is 23.7 Å². The van der Waals surface area contributed by atoms with E-state index in [0.717, 1.165) is 76.0 Å². The molecule has 4 heteroatoms. The maximum atomic E-state index is 14.4. The molecule has 0 heterocycles. The lowest BCUT2D eigenvalue weighted by Gasteiger charge is -2.33. The predicted octanol–water partition coefficient (Wildman–Crippen LogP) is 9.41. The number of hydrogen-bond donors (Lipinski definition) is 0. The molecule has 0 aliphatic heterocycles. The Bertz CT molecular complexity index is 407. The maximum absolute atomic E-state index is 14.4. The summed E-state index contributed by atoms with van der Waals surface area (Å²) in [5.41, 5.74) is 0. The van der Waals surface area contributed by atoms with Crippen molar-refractivity contribution in [2.75, 3.05) is 30.6 Å². The highest BCUT2D eigenvalue weighted by atomic mass is 31.2. The predicted molar refractivity (Wildman–Crippen MR) is 136 cm³/mol. The van der Waals surface area contributed by atoms with E-state index in [-0.39, 0.29) is 0 Å². The highest BCUT2D eigenvalue weighted by molar-refractivity contribution is 7.80. The van der Waals surface area contributed by atoms with Crippen LogP contribution in [0.2, 0.25) is 0 Å². The van der Waals surface area contributed by atoms with Crippen LogP contribution in [-0.4, -0.2) is 30.6 Å². The molecule has 0 bridgehead atoms. The highest BCUT2D eigenvalue weighted by Gasteiger charge is 2.38. The molecule has 0 amide bonds. The second-order valence-electron chi connectivity index (χ2n) is 9.72. The molecule has 0 rings (SSSR count). The van der Waals surface area contributed by atoms with Crippen LogP contribution in [0.15, 0.2) is 0 Å². The molecule has 29 heavy (non-hydrogen) atoms. The molecule has 0 aromatic rings. The van der Waals surface area contributed by atoms with E-state index in [9.17, 15) is 9.13 Å². The monoisotopic (exact) mass is 448 g/mol. The molecule has 0 aliphatic rings. The van der Waals surface area contributed by atoms with Gasteiger partial charge in [0.15, 0.2) is 0 Å². The molecule has 2 nitrogen and oxygen atoms in total. The van der Waals surface area contributed by atoms with Gasteiger partial charge in [0.2, 0.25) is 0 Å². The van der Waals surface area contributed by atoms with Gasteiger partial charge in [-0.15, -0.1) is 0 Å². The Morgan fingerprint density at radius 3 is 0.724 bits per heavy atom. The summed E-state index contributed by atoms with van der Waals surface area (Å²) in [6.07, 6.45) is 12.0. The third-order valence-electron chi connectivity index (χ3n) is 7.50. The minimum atomic E-state index is -2.44. The SMILES string of the molecule is CCC(CC)CP(=O)(CC(CC)CC)CP(=O)(CC(CC)CC)CC(CC)CC. The summed E-state index contributed by atoms with van der Waals surface area (Å²) in [7, 11) is -4.87. The molecule has 0 spiro atoms. The van der Waals surface area contributed by atoms with Crippen LogP contribution in [0, 0.1) is 23.7 Å². The summed E-state index contributed by atoms with van der Waals surface area (Å²) in [6.45, 7) is 17.8. The molecule has 0 atom stereocenters. The molecule has 176 valence electrons. The van der Waals surface area contributed by atoms with Gasteiger partial charge in [-0.25, -0.2) is 0 Å². The van der Waals surface area contributed by atoms with E-state index >= 15 is 0 Å². The molecule has 0 aromatic heterocycles. The van der Waals surface area contributed by atoms with E-state index < -0.39 is 14.3 Å². The molecule has 0 aromatic carbocycles. The van der Waals surface area contributed by atoms with E-state index in [1.165, 1.54) is 0 Å². The Labute approximate surface area is 184 Å². The average molecular weight is 449 g/mol. The molecule has 0 saturated heterocycles. The minimum Gasteiger partial charge on any atom is -0.323 e. The zero-order valence-electron chi connectivity index (χ0n) is 21.2. The maximum Gasteiger partial charge on any atom is 0.0953 e. The first-order chi connectivity index (χ1) is 13.7. The van der Waals surface area contributed by atoms with Gasteiger partial charge in [0, 0.05) is 24.6 Å². The van der Waals surface area contributed by atoms with Gasteiger partial charge in [0.25, 0.3) is 0 Å². The highest BCUT2D eigenvalue weighted by Crippen LogP contribution is 2.65. The largest absolute Gasteiger partial charge is 0.323 e. The second-order valence-corrected chi connectivity index (χ2v) is 16.5. The van der Waals surface area contributed by atoms with Crippen LogP contribution in [-0.2, 0) is 9.13 Å². The minimum absolute atomic E-state index is 0.518. The summed E-state index contributed by atoms with van der Waals surface area (Å²) < 4.78 is 28.9. The van der Waals surface area contributed by atoms with Crippen molar-refractivity contribution in [1.29, 1.82) is 0 Å². The molecule has 0 fully saturated rings. The van der Waals surface area contributed by atoms with Gasteiger partial charge in [0.05, 0.1) is 20.2 Å². The lowest BCUT2D eigenvalue weighted by molar-refractivity contribution is 0.491. The molecule has 0 aliphatic carbocycles. The quantitative estimate of drug-likeness (QED) is 0.196. The Kier molecular flexibility index (Phi) is 15.5. The van der Waals surface area contributed by atoms with E-state index in [1.54, 1.807) is 0 Å². The van der Waals surface area contributed by atoms with Crippen molar-refractivity contribution in [2.45, 2.75) is 107 Å². The third-order valence-corrected chi connectivity index (χ3v) is 16.3. The Morgan fingerprint density at radius 1 is 0.414 bits per heavy atom.